The molecule has 1 atom stereocenters. The van der Waals surface area contributed by atoms with Gasteiger partial charge in [-0.2, -0.15) is 0 Å². The van der Waals surface area contributed by atoms with Crippen LogP contribution >= 0.6 is 0 Å². The predicted molar refractivity (Wildman–Crippen MR) is 125 cm³/mol. The van der Waals surface area contributed by atoms with E-state index in [4.69, 9.17) is 5.32 Å². The van der Waals surface area contributed by atoms with Gasteiger partial charge in [0.2, 0.25) is 0 Å². The topological polar surface area (TPSA) is 32.6 Å². The Morgan fingerprint density at radius 2 is 1.66 bits per heavy atom. The standard InChI is InChI=1S/C25H35N4/c1-2-17-28-19-9-20-29(25-14-6-5-13-24(25)28)18-8-7-10-21-15-16-26-22-11-3-4-12-23(22)27-21/h3-6,11-14,21,26H,2,7-10,15-20H2,1H3. The molecule has 29 heavy (non-hydrogen) atoms. The van der Waals surface area contributed by atoms with E-state index >= 15 is 0 Å². The van der Waals surface area contributed by atoms with Gasteiger partial charge in [-0.05, 0) is 62.8 Å². The van der Waals surface area contributed by atoms with Crippen molar-refractivity contribution in [2.75, 3.05) is 47.8 Å². The molecule has 2 aromatic carbocycles. The molecule has 0 bridgehead atoms. The molecular formula is C25H35N4. The highest BCUT2D eigenvalue weighted by atomic mass is 15.2. The van der Waals surface area contributed by atoms with E-state index in [2.05, 4.69) is 70.6 Å². The number of anilines is 3. The molecule has 0 aliphatic carbocycles. The third-order valence-corrected chi connectivity index (χ3v) is 6.15. The number of hydrogen-bond acceptors (Lipinski definition) is 3. The van der Waals surface area contributed by atoms with Crippen molar-refractivity contribution in [2.45, 2.75) is 51.5 Å². The fourth-order valence-corrected chi connectivity index (χ4v) is 4.69. The van der Waals surface area contributed by atoms with Crippen LogP contribution in [0.1, 0.15) is 45.4 Å². The molecule has 0 amide bonds. The van der Waals surface area contributed by atoms with Gasteiger partial charge in [-0.15, -0.1) is 0 Å². The van der Waals surface area contributed by atoms with Gasteiger partial charge in [0.25, 0.3) is 0 Å². The van der Waals surface area contributed by atoms with Crippen molar-refractivity contribution in [1.82, 2.24) is 5.32 Å². The van der Waals surface area contributed by atoms with Crippen molar-refractivity contribution in [3.8, 4) is 0 Å². The van der Waals surface area contributed by atoms with Crippen LogP contribution in [0.2, 0.25) is 0 Å². The Labute approximate surface area is 176 Å². The molecule has 2 aromatic rings. The first kappa shape index (κ1) is 19.9. The Morgan fingerprint density at radius 3 is 2.45 bits per heavy atom. The number of nitrogens with zero attached hydrogens (tertiary/aromatic N) is 3. The van der Waals surface area contributed by atoms with Gasteiger partial charge in [-0.1, -0.05) is 31.2 Å². The van der Waals surface area contributed by atoms with Crippen LogP contribution in [0.25, 0.3) is 0 Å². The van der Waals surface area contributed by atoms with E-state index in [0.29, 0.717) is 6.04 Å². The van der Waals surface area contributed by atoms with E-state index in [0.717, 1.165) is 31.7 Å². The second kappa shape index (κ2) is 9.91. The molecule has 2 aliphatic rings. The van der Waals surface area contributed by atoms with Crippen LogP contribution in [0.3, 0.4) is 0 Å². The van der Waals surface area contributed by atoms with Crippen LogP contribution in [0.4, 0.5) is 22.7 Å². The maximum Gasteiger partial charge on any atom is 0.0809 e. The Kier molecular flexibility index (Phi) is 6.81. The lowest BCUT2D eigenvalue weighted by molar-refractivity contribution is 0.493. The third kappa shape index (κ3) is 4.98. The average molecular weight is 392 g/mol. The maximum absolute atomic E-state index is 5.02. The molecule has 4 nitrogen and oxygen atoms in total. The summed E-state index contributed by atoms with van der Waals surface area (Å²) >= 11 is 0. The Hall–Kier alpha value is -2.36. The Balaban J connectivity index is 1.31. The number of fused-ring (bicyclic) bond motifs is 2. The lowest BCUT2D eigenvalue weighted by atomic mass is 10.1. The van der Waals surface area contributed by atoms with Gasteiger partial charge in [-0.3, -0.25) is 5.32 Å². The number of benzene rings is 2. The smallest absolute Gasteiger partial charge is 0.0809 e. The minimum absolute atomic E-state index is 0.447. The quantitative estimate of drug-likeness (QED) is 0.641. The summed E-state index contributed by atoms with van der Waals surface area (Å²) < 4.78 is 0. The van der Waals surface area contributed by atoms with Crippen molar-refractivity contribution in [3.63, 3.8) is 0 Å². The molecule has 155 valence electrons. The van der Waals surface area contributed by atoms with Gasteiger partial charge in [-0.25, -0.2) is 0 Å². The van der Waals surface area contributed by atoms with E-state index in [1.54, 1.807) is 0 Å². The summed E-state index contributed by atoms with van der Waals surface area (Å²) in [6.45, 7) is 7.95. The minimum Gasteiger partial charge on any atom is -0.383 e. The van der Waals surface area contributed by atoms with Crippen molar-refractivity contribution in [1.29, 1.82) is 0 Å². The molecular weight excluding hydrogens is 356 g/mol. The first-order valence-electron chi connectivity index (χ1n) is 11.5. The van der Waals surface area contributed by atoms with Crippen molar-refractivity contribution < 1.29 is 0 Å². The highest BCUT2D eigenvalue weighted by Crippen LogP contribution is 2.32. The number of nitrogens with one attached hydrogen (secondary N) is 1. The van der Waals surface area contributed by atoms with Crippen molar-refractivity contribution >= 4 is 22.7 Å². The number of rotatable bonds is 7. The molecule has 0 fully saturated rings. The van der Waals surface area contributed by atoms with Crippen LogP contribution in [-0.4, -0.2) is 38.8 Å². The molecule has 1 unspecified atom stereocenters. The zero-order valence-corrected chi connectivity index (χ0v) is 17.8. The molecule has 0 spiro atoms. The third-order valence-electron chi connectivity index (χ3n) is 6.15. The van der Waals surface area contributed by atoms with Crippen molar-refractivity contribution in [3.05, 3.63) is 48.5 Å². The molecule has 4 heteroatoms. The fraction of sp³-hybridized carbons (Fsp3) is 0.520. The predicted octanol–water partition coefficient (Wildman–Crippen LogP) is 5.40. The van der Waals surface area contributed by atoms with Gasteiger partial charge < -0.3 is 15.1 Å². The summed E-state index contributed by atoms with van der Waals surface area (Å²) in [5, 5.41) is 8.54. The van der Waals surface area contributed by atoms with E-state index in [1.165, 1.54) is 62.3 Å². The molecule has 1 N–H and O–H groups in total. The number of hydrogen-bond donors (Lipinski definition) is 1. The summed E-state index contributed by atoms with van der Waals surface area (Å²) in [6.07, 6.45) is 7.25. The van der Waals surface area contributed by atoms with Crippen LogP contribution in [0.5, 0.6) is 0 Å². The highest BCUT2D eigenvalue weighted by Gasteiger charge is 2.20. The Morgan fingerprint density at radius 1 is 0.931 bits per heavy atom. The maximum atomic E-state index is 5.02. The zero-order valence-electron chi connectivity index (χ0n) is 17.8. The first-order valence-corrected chi connectivity index (χ1v) is 11.5. The van der Waals surface area contributed by atoms with Crippen LogP contribution in [0, 0.1) is 0 Å². The van der Waals surface area contributed by atoms with Crippen molar-refractivity contribution in [2.24, 2.45) is 0 Å². The summed E-state index contributed by atoms with van der Waals surface area (Å²) in [6, 6.07) is 17.9. The summed E-state index contributed by atoms with van der Waals surface area (Å²) in [7, 11) is 0. The SMILES string of the molecule is CCCN1CCCN(CCCCC2CCNc3ccccc3[N]2)c2ccccc21. The summed E-state index contributed by atoms with van der Waals surface area (Å²) in [5.74, 6) is 0. The van der Waals surface area contributed by atoms with E-state index in [9.17, 15) is 0 Å². The summed E-state index contributed by atoms with van der Waals surface area (Å²) in [4.78, 5) is 5.19. The molecule has 2 heterocycles. The van der Waals surface area contributed by atoms with Gasteiger partial charge >= 0.3 is 0 Å². The van der Waals surface area contributed by atoms with Gasteiger partial charge in [0.1, 0.15) is 0 Å². The van der Waals surface area contributed by atoms with Crippen LogP contribution in [-0.2, 0) is 0 Å². The van der Waals surface area contributed by atoms with E-state index < -0.39 is 0 Å². The second-order valence-corrected chi connectivity index (χ2v) is 8.33. The fourth-order valence-electron chi connectivity index (χ4n) is 4.69. The largest absolute Gasteiger partial charge is 0.383 e. The normalized spacial score (nSPS) is 18.7. The highest BCUT2D eigenvalue weighted by molar-refractivity contribution is 5.72. The number of unbranched alkanes of at least 4 members (excludes halogenated alkanes) is 1. The Bertz CT molecular complexity index is 775. The summed E-state index contributed by atoms with van der Waals surface area (Å²) in [5.41, 5.74) is 5.17. The van der Waals surface area contributed by atoms with Crippen LogP contribution < -0.4 is 20.4 Å². The molecule has 2 aliphatic heterocycles. The lowest BCUT2D eigenvalue weighted by Gasteiger charge is -2.27. The first-order chi connectivity index (χ1) is 14.3. The minimum atomic E-state index is 0.447. The van der Waals surface area contributed by atoms with E-state index in [-0.39, 0.29) is 0 Å². The average Bonchev–Trinajstić information content (AvgIpc) is 3.06. The van der Waals surface area contributed by atoms with Gasteiger partial charge in [0, 0.05) is 32.7 Å². The number of para-hydroxylation sites is 4. The molecule has 1 radical (unpaired) electrons. The molecule has 4 rings (SSSR count). The molecule has 0 aromatic heterocycles. The van der Waals surface area contributed by atoms with Gasteiger partial charge in [0.15, 0.2) is 0 Å². The molecule has 0 saturated carbocycles. The second-order valence-electron chi connectivity index (χ2n) is 8.33. The van der Waals surface area contributed by atoms with Gasteiger partial charge in [0.05, 0.1) is 28.8 Å². The van der Waals surface area contributed by atoms with Crippen LogP contribution in [0.15, 0.2) is 48.5 Å². The molecule has 0 saturated heterocycles. The zero-order chi connectivity index (χ0) is 19.9. The lowest BCUT2D eigenvalue weighted by Crippen LogP contribution is -2.25. The monoisotopic (exact) mass is 391 g/mol. The van der Waals surface area contributed by atoms with E-state index in [1.807, 2.05) is 0 Å².